The zero-order chi connectivity index (χ0) is 13.7. The van der Waals surface area contributed by atoms with Crippen LogP contribution in [0, 0.1) is 5.92 Å². The van der Waals surface area contributed by atoms with Crippen molar-refractivity contribution in [3.05, 3.63) is 71.8 Å². The predicted molar refractivity (Wildman–Crippen MR) is 80.0 cm³/mol. The van der Waals surface area contributed by atoms with E-state index in [4.69, 9.17) is 0 Å². The van der Waals surface area contributed by atoms with Gasteiger partial charge in [-0.25, -0.2) is 0 Å². The zero-order valence-corrected chi connectivity index (χ0v) is 11.7. The molecule has 1 N–H and O–H groups in total. The summed E-state index contributed by atoms with van der Waals surface area (Å²) in [5.41, 5.74) is 2.21. The average Bonchev–Trinajstić information content (AvgIpc) is 2.49. The maximum atomic E-state index is 10.7. The minimum absolute atomic E-state index is 0.147. The Morgan fingerprint density at radius 1 is 0.842 bits per heavy atom. The standard InChI is InChI=1S/C18H22O/c1-3-14(2)17(15-10-6-4-7-11-15)18(19)16-12-8-5-9-13-16/h4-14,17-19H,3H2,1-2H3. The molecular weight excluding hydrogens is 232 g/mol. The molecule has 0 aliphatic carbocycles. The molecule has 0 aliphatic rings. The molecule has 19 heavy (non-hydrogen) atoms. The van der Waals surface area contributed by atoms with Crippen molar-refractivity contribution in [2.75, 3.05) is 0 Å². The summed E-state index contributed by atoms with van der Waals surface area (Å²) >= 11 is 0. The molecule has 3 atom stereocenters. The fourth-order valence-electron chi connectivity index (χ4n) is 2.61. The van der Waals surface area contributed by atoms with E-state index in [2.05, 4.69) is 26.0 Å². The van der Waals surface area contributed by atoms with Crippen LogP contribution in [0.5, 0.6) is 0 Å². The van der Waals surface area contributed by atoms with Crippen LogP contribution in [0.25, 0.3) is 0 Å². The van der Waals surface area contributed by atoms with Crippen molar-refractivity contribution >= 4 is 0 Å². The van der Waals surface area contributed by atoms with E-state index in [0.29, 0.717) is 5.92 Å². The van der Waals surface area contributed by atoms with E-state index in [1.54, 1.807) is 0 Å². The van der Waals surface area contributed by atoms with Gasteiger partial charge in [0.15, 0.2) is 0 Å². The highest BCUT2D eigenvalue weighted by molar-refractivity contribution is 5.27. The molecular formula is C18H22O. The molecule has 0 radical (unpaired) electrons. The van der Waals surface area contributed by atoms with Gasteiger partial charge in [0.2, 0.25) is 0 Å². The molecule has 0 aliphatic heterocycles. The second kappa shape index (κ2) is 6.53. The van der Waals surface area contributed by atoms with Crippen LogP contribution < -0.4 is 0 Å². The molecule has 0 spiro atoms. The van der Waals surface area contributed by atoms with Gasteiger partial charge in [-0.1, -0.05) is 80.9 Å². The number of hydrogen-bond donors (Lipinski definition) is 1. The second-order valence-corrected chi connectivity index (χ2v) is 5.18. The first-order valence-corrected chi connectivity index (χ1v) is 7.02. The van der Waals surface area contributed by atoms with Crippen molar-refractivity contribution in [1.82, 2.24) is 0 Å². The molecule has 0 aromatic heterocycles. The lowest BCUT2D eigenvalue weighted by Crippen LogP contribution is -2.18. The highest BCUT2D eigenvalue weighted by Crippen LogP contribution is 2.38. The van der Waals surface area contributed by atoms with E-state index < -0.39 is 6.10 Å². The van der Waals surface area contributed by atoms with E-state index in [-0.39, 0.29) is 5.92 Å². The van der Waals surface area contributed by atoms with Crippen LogP contribution in [0.4, 0.5) is 0 Å². The Bertz CT molecular complexity index is 478. The minimum Gasteiger partial charge on any atom is -0.388 e. The molecule has 2 aromatic carbocycles. The first-order valence-electron chi connectivity index (χ1n) is 7.02. The van der Waals surface area contributed by atoms with E-state index in [1.165, 1.54) is 5.56 Å². The van der Waals surface area contributed by atoms with Gasteiger partial charge in [-0.05, 0) is 17.0 Å². The monoisotopic (exact) mass is 254 g/mol. The van der Waals surface area contributed by atoms with Gasteiger partial charge in [0.25, 0.3) is 0 Å². The maximum Gasteiger partial charge on any atom is 0.0861 e. The molecule has 2 aromatic rings. The fraction of sp³-hybridized carbons (Fsp3) is 0.333. The second-order valence-electron chi connectivity index (χ2n) is 5.18. The first-order chi connectivity index (χ1) is 9.24. The Morgan fingerprint density at radius 2 is 1.32 bits per heavy atom. The summed E-state index contributed by atoms with van der Waals surface area (Å²) in [5, 5.41) is 10.7. The van der Waals surface area contributed by atoms with Crippen LogP contribution in [0.2, 0.25) is 0 Å². The molecule has 1 heteroatoms. The summed E-state index contributed by atoms with van der Waals surface area (Å²) in [6.07, 6.45) is 0.613. The van der Waals surface area contributed by atoms with Crippen LogP contribution in [-0.2, 0) is 0 Å². The summed E-state index contributed by atoms with van der Waals surface area (Å²) in [6.45, 7) is 4.39. The van der Waals surface area contributed by atoms with Gasteiger partial charge in [0.1, 0.15) is 0 Å². The largest absolute Gasteiger partial charge is 0.388 e. The summed E-state index contributed by atoms with van der Waals surface area (Å²) in [6, 6.07) is 20.3. The van der Waals surface area contributed by atoms with Crippen LogP contribution in [0.15, 0.2) is 60.7 Å². The summed E-state index contributed by atoms with van der Waals surface area (Å²) in [7, 11) is 0. The number of aliphatic hydroxyl groups is 1. The Morgan fingerprint density at radius 3 is 1.79 bits per heavy atom. The van der Waals surface area contributed by atoms with Crippen molar-refractivity contribution in [2.45, 2.75) is 32.3 Å². The molecule has 0 bridgehead atoms. The Balaban J connectivity index is 2.34. The Kier molecular flexibility index (Phi) is 4.75. The van der Waals surface area contributed by atoms with E-state index in [0.717, 1.165) is 12.0 Å². The van der Waals surface area contributed by atoms with Gasteiger partial charge in [0, 0.05) is 5.92 Å². The smallest absolute Gasteiger partial charge is 0.0861 e. The van der Waals surface area contributed by atoms with Crippen molar-refractivity contribution in [2.24, 2.45) is 5.92 Å². The molecule has 3 unspecified atom stereocenters. The first kappa shape index (κ1) is 13.8. The van der Waals surface area contributed by atoms with Crippen molar-refractivity contribution in [3.63, 3.8) is 0 Å². The predicted octanol–water partition coefficient (Wildman–Crippen LogP) is 4.55. The molecule has 1 nitrogen and oxygen atoms in total. The molecule has 0 heterocycles. The van der Waals surface area contributed by atoms with E-state index in [9.17, 15) is 5.11 Å². The van der Waals surface area contributed by atoms with Crippen LogP contribution in [0.1, 0.15) is 43.4 Å². The van der Waals surface area contributed by atoms with E-state index >= 15 is 0 Å². The van der Waals surface area contributed by atoms with Gasteiger partial charge in [-0.15, -0.1) is 0 Å². The van der Waals surface area contributed by atoms with Crippen LogP contribution in [-0.4, -0.2) is 5.11 Å². The van der Waals surface area contributed by atoms with Crippen molar-refractivity contribution in [1.29, 1.82) is 0 Å². The van der Waals surface area contributed by atoms with Gasteiger partial charge >= 0.3 is 0 Å². The topological polar surface area (TPSA) is 20.2 Å². The number of rotatable bonds is 5. The third-order valence-electron chi connectivity index (χ3n) is 3.92. The van der Waals surface area contributed by atoms with Gasteiger partial charge in [0.05, 0.1) is 6.10 Å². The molecule has 0 fully saturated rings. The van der Waals surface area contributed by atoms with E-state index in [1.807, 2.05) is 48.5 Å². The van der Waals surface area contributed by atoms with Gasteiger partial charge in [-0.3, -0.25) is 0 Å². The number of hydrogen-bond acceptors (Lipinski definition) is 1. The third-order valence-corrected chi connectivity index (χ3v) is 3.92. The summed E-state index contributed by atoms with van der Waals surface area (Å²) in [4.78, 5) is 0. The minimum atomic E-state index is -0.446. The molecule has 0 saturated carbocycles. The number of aliphatic hydroxyl groups excluding tert-OH is 1. The SMILES string of the molecule is CCC(C)C(c1ccccc1)C(O)c1ccccc1. The Labute approximate surface area is 115 Å². The molecule has 0 saturated heterocycles. The highest BCUT2D eigenvalue weighted by atomic mass is 16.3. The third kappa shape index (κ3) is 3.24. The normalized spacial score (nSPS) is 15.7. The van der Waals surface area contributed by atoms with Gasteiger partial charge in [-0.2, -0.15) is 0 Å². The Hall–Kier alpha value is -1.60. The van der Waals surface area contributed by atoms with Gasteiger partial charge < -0.3 is 5.11 Å². The molecule has 2 rings (SSSR count). The number of benzene rings is 2. The average molecular weight is 254 g/mol. The summed E-state index contributed by atoms with van der Waals surface area (Å²) in [5.74, 6) is 0.589. The lowest BCUT2D eigenvalue weighted by Gasteiger charge is -2.29. The molecule has 0 amide bonds. The maximum absolute atomic E-state index is 10.7. The lowest BCUT2D eigenvalue weighted by atomic mass is 9.79. The quantitative estimate of drug-likeness (QED) is 0.830. The summed E-state index contributed by atoms with van der Waals surface area (Å²) < 4.78 is 0. The van der Waals surface area contributed by atoms with Crippen LogP contribution >= 0.6 is 0 Å². The van der Waals surface area contributed by atoms with Crippen LogP contribution in [0.3, 0.4) is 0 Å². The lowest BCUT2D eigenvalue weighted by molar-refractivity contribution is 0.118. The van der Waals surface area contributed by atoms with Crippen molar-refractivity contribution < 1.29 is 5.11 Å². The highest BCUT2D eigenvalue weighted by Gasteiger charge is 2.26. The zero-order valence-electron chi connectivity index (χ0n) is 11.7. The van der Waals surface area contributed by atoms with Crippen molar-refractivity contribution in [3.8, 4) is 0 Å². The fourth-order valence-corrected chi connectivity index (χ4v) is 2.61. The molecule has 100 valence electrons.